The number of ether oxygens (including phenoxy) is 1. The second kappa shape index (κ2) is 8.02. The van der Waals surface area contributed by atoms with Gasteiger partial charge < -0.3 is 19.5 Å². The molecule has 8 heteroatoms. The van der Waals surface area contributed by atoms with Gasteiger partial charge in [-0.1, -0.05) is 17.3 Å². The highest BCUT2D eigenvalue weighted by Gasteiger charge is 2.36. The van der Waals surface area contributed by atoms with Crippen LogP contribution in [0.1, 0.15) is 34.3 Å². The van der Waals surface area contributed by atoms with Crippen molar-refractivity contribution in [2.45, 2.75) is 25.1 Å². The molecule has 1 aliphatic heterocycles. The van der Waals surface area contributed by atoms with E-state index in [9.17, 15) is 9.90 Å². The highest BCUT2D eigenvalue weighted by molar-refractivity contribution is 5.87. The van der Waals surface area contributed by atoms with Crippen LogP contribution in [0, 0.1) is 0 Å². The molecule has 1 saturated heterocycles. The van der Waals surface area contributed by atoms with Gasteiger partial charge in [-0.2, -0.15) is 4.98 Å². The number of carbonyl (C=O) groups is 1. The van der Waals surface area contributed by atoms with Crippen LogP contribution in [0.15, 0.2) is 53.1 Å². The predicted molar refractivity (Wildman–Crippen MR) is 103 cm³/mol. The van der Waals surface area contributed by atoms with Crippen LogP contribution < -0.4 is 4.74 Å². The molecule has 2 aromatic carbocycles. The minimum atomic E-state index is -0.956. The number of carboxylic acids is 1. The Morgan fingerprint density at radius 2 is 1.93 bits per heavy atom. The van der Waals surface area contributed by atoms with Gasteiger partial charge in [0.05, 0.1) is 24.8 Å². The molecule has 0 aliphatic carbocycles. The van der Waals surface area contributed by atoms with E-state index >= 15 is 0 Å². The average Bonchev–Trinajstić information content (AvgIpc) is 3.35. The van der Waals surface area contributed by atoms with Crippen molar-refractivity contribution < 1.29 is 24.3 Å². The summed E-state index contributed by atoms with van der Waals surface area (Å²) in [5.74, 6) is 0.726. The average molecular weight is 395 g/mol. The van der Waals surface area contributed by atoms with Crippen LogP contribution in [-0.4, -0.2) is 51.0 Å². The molecule has 0 saturated carbocycles. The molecule has 2 N–H and O–H groups in total. The van der Waals surface area contributed by atoms with Crippen LogP contribution in [0.25, 0.3) is 11.4 Å². The van der Waals surface area contributed by atoms with Crippen molar-refractivity contribution in [3.8, 4) is 17.1 Å². The van der Waals surface area contributed by atoms with Gasteiger partial charge in [-0.05, 0) is 48.4 Å². The van der Waals surface area contributed by atoms with Crippen LogP contribution in [0.3, 0.4) is 0 Å². The molecule has 0 spiro atoms. The highest BCUT2D eigenvalue weighted by atomic mass is 16.5. The molecule has 1 fully saturated rings. The van der Waals surface area contributed by atoms with E-state index in [-0.39, 0.29) is 11.6 Å². The Labute approximate surface area is 167 Å². The van der Waals surface area contributed by atoms with E-state index in [0.717, 1.165) is 16.9 Å². The third-order valence-corrected chi connectivity index (χ3v) is 5.04. The Hall–Kier alpha value is -3.23. The van der Waals surface area contributed by atoms with Crippen molar-refractivity contribution in [1.29, 1.82) is 0 Å². The largest absolute Gasteiger partial charge is 0.497 e. The minimum absolute atomic E-state index is 0.205. The lowest BCUT2D eigenvalue weighted by atomic mass is 10.1. The molecule has 2 heterocycles. The van der Waals surface area contributed by atoms with Crippen LogP contribution in [0.5, 0.6) is 5.75 Å². The standard InChI is InChI=1S/C21H21N3O5/c1-28-17-8-6-14(7-9-17)19-22-20(29-23-19)18-10-16(25)12-24(18)11-13-2-4-15(5-3-13)21(26)27/h2-9,16,18,25H,10-12H2,1H3,(H,26,27). The number of aromatic nitrogens is 2. The fourth-order valence-corrected chi connectivity index (χ4v) is 3.53. The summed E-state index contributed by atoms with van der Waals surface area (Å²) in [5.41, 5.74) is 2.01. The number of aliphatic hydroxyl groups excluding tert-OH is 1. The quantitative estimate of drug-likeness (QED) is 0.656. The van der Waals surface area contributed by atoms with Gasteiger partial charge in [0.25, 0.3) is 0 Å². The van der Waals surface area contributed by atoms with Gasteiger partial charge in [0.2, 0.25) is 11.7 Å². The summed E-state index contributed by atoms with van der Waals surface area (Å²) in [6.07, 6.45) is 0.00639. The number of nitrogens with zero attached hydrogens (tertiary/aromatic N) is 3. The summed E-state index contributed by atoms with van der Waals surface area (Å²) >= 11 is 0. The van der Waals surface area contributed by atoms with Crippen LogP contribution in [0.4, 0.5) is 0 Å². The van der Waals surface area contributed by atoms with Gasteiger partial charge in [-0.3, -0.25) is 4.90 Å². The van der Waals surface area contributed by atoms with Crippen LogP contribution >= 0.6 is 0 Å². The monoisotopic (exact) mass is 395 g/mol. The zero-order valence-corrected chi connectivity index (χ0v) is 15.9. The van der Waals surface area contributed by atoms with Crippen molar-refractivity contribution >= 4 is 5.97 Å². The molecule has 3 aromatic rings. The van der Waals surface area contributed by atoms with Crippen molar-refractivity contribution in [1.82, 2.24) is 15.0 Å². The summed E-state index contributed by atoms with van der Waals surface area (Å²) in [5, 5.41) is 23.3. The molecule has 0 amide bonds. The van der Waals surface area contributed by atoms with Gasteiger partial charge >= 0.3 is 5.97 Å². The van der Waals surface area contributed by atoms with Crippen molar-refractivity contribution in [3.05, 3.63) is 65.5 Å². The summed E-state index contributed by atoms with van der Waals surface area (Å²) in [4.78, 5) is 17.6. The SMILES string of the molecule is COc1ccc(-c2noc(C3CC(O)CN3Cc3ccc(C(=O)O)cc3)n2)cc1. The molecule has 0 radical (unpaired) electrons. The maximum absolute atomic E-state index is 11.0. The van der Waals surface area contributed by atoms with Gasteiger partial charge in [-0.25, -0.2) is 4.79 Å². The second-order valence-corrected chi connectivity index (χ2v) is 7.02. The van der Waals surface area contributed by atoms with Crippen LogP contribution in [0.2, 0.25) is 0 Å². The lowest BCUT2D eigenvalue weighted by molar-refractivity contribution is 0.0697. The molecule has 2 unspecified atom stereocenters. The molecule has 8 nitrogen and oxygen atoms in total. The number of carboxylic acid groups (broad SMARTS) is 1. The van der Waals surface area contributed by atoms with Gasteiger partial charge in [0.15, 0.2) is 0 Å². The first-order valence-electron chi connectivity index (χ1n) is 9.26. The smallest absolute Gasteiger partial charge is 0.335 e. The predicted octanol–water partition coefficient (Wildman–Crippen LogP) is 2.75. The number of aromatic carboxylic acids is 1. The summed E-state index contributed by atoms with van der Waals surface area (Å²) in [6, 6.07) is 13.9. The summed E-state index contributed by atoms with van der Waals surface area (Å²) < 4.78 is 10.7. The first-order valence-corrected chi connectivity index (χ1v) is 9.26. The number of benzene rings is 2. The first kappa shape index (κ1) is 19.1. The molecule has 2 atom stereocenters. The molecular weight excluding hydrogens is 374 g/mol. The Balaban J connectivity index is 1.52. The molecule has 0 bridgehead atoms. The van der Waals surface area contributed by atoms with Crippen molar-refractivity contribution in [3.63, 3.8) is 0 Å². The first-order chi connectivity index (χ1) is 14.0. The van der Waals surface area contributed by atoms with Gasteiger partial charge in [-0.15, -0.1) is 0 Å². The number of likely N-dealkylation sites (tertiary alicyclic amines) is 1. The minimum Gasteiger partial charge on any atom is -0.497 e. The third kappa shape index (κ3) is 4.13. The summed E-state index contributed by atoms with van der Waals surface area (Å²) in [6.45, 7) is 1.02. The van der Waals surface area contributed by atoms with E-state index < -0.39 is 12.1 Å². The van der Waals surface area contributed by atoms with Crippen molar-refractivity contribution in [2.24, 2.45) is 0 Å². The topological polar surface area (TPSA) is 109 Å². The number of hydrogen-bond acceptors (Lipinski definition) is 7. The lowest BCUT2D eigenvalue weighted by Gasteiger charge is -2.21. The summed E-state index contributed by atoms with van der Waals surface area (Å²) in [7, 11) is 1.61. The fraction of sp³-hybridized carbons (Fsp3) is 0.286. The van der Waals surface area contributed by atoms with E-state index in [1.54, 1.807) is 31.4 Å². The Bertz CT molecular complexity index is 984. The maximum atomic E-state index is 11.0. The lowest BCUT2D eigenvalue weighted by Crippen LogP contribution is -2.24. The van der Waals surface area contributed by atoms with E-state index in [2.05, 4.69) is 15.0 Å². The molecular formula is C21H21N3O5. The molecule has 1 aliphatic rings. The highest BCUT2D eigenvalue weighted by Crippen LogP contribution is 2.33. The second-order valence-electron chi connectivity index (χ2n) is 7.02. The number of hydrogen-bond donors (Lipinski definition) is 2. The number of β-amino-alcohol motifs (C(OH)–C–C–N with tert-alkyl or cyclic N) is 1. The molecule has 1 aromatic heterocycles. The molecule has 29 heavy (non-hydrogen) atoms. The molecule has 4 rings (SSSR count). The van der Waals surface area contributed by atoms with E-state index in [4.69, 9.17) is 14.4 Å². The number of methoxy groups -OCH3 is 1. The third-order valence-electron chi connectivity index (χ3n) is 5.04. The fourth-order valence-electron chi connectivity index (χ4n) is 3.53. The normalized spacial score (nSPS) is 19.4. The maximum Gasteiger partial charge on any atom is 0.335 e. The van der Waals surface area contributed by atoms with Gasteiger partial charge in [0.1, 0.15) is 5.75 Å². The number of rotatable bonds is 6. The van der Waals surface area contributed by atoms with Crippen molar-refractivity contribution in [2.75, 3.05) is 13.7 Å². The van der Waals surface area contributed by atoms with E-state index in [1.807, 2.05) is 24.3 Å². The zero-order valence-electron chi connectivity index (χ0n) is 15.9. The Morgan fingerprint density at radius 3 is 2.59 bits per heavy atom. The zero-order chi connectivity index (χ0) is 20.4. The van der Waals surface area contributed by atoms with E-state index in [1.165, 1.54) is 0 Å². The Kier molecular flexibility index (Phi) is 5.28. The van der Waals surface area contributed by atoms with E-state index in [0.29, 0.717) is 31.2 Å². The van der Waals surface area contributed by atoms with Crippen LogP contribution in [-0.2, 0) is 6.54 Å². The number of aliphatic hydroxyl groups is 1. The Morgan fingerprint density at radius 1 is 1.21 bits per heavy atom. The van der Waals surface area contributed by atoms with Gasteiger partial charge in [0, 0.05) is 18.7 Å². The molecule has 150 valence electrons.